The summed E-state index contributed by atoms with van der Waals surface area (Å²) in [6.45, 7) is 0. The van der Waals surface area contributed by atoms with Crippen LogP contribution in [0.4, 0.5) is 37.7 Å². The van der Waals surface area contributed by atoms with Crippen LogP contribution in [-0.4, -0.2) is 9.97 Å². The molecule has 11 heteroatoms. The number of nitrogens with two attached hydrogens (primary N) is 2. The van der Waals surface area contributed by atoms with Crippen LogP contribution in [0, 0.1) is 35.2 Å². The maximum absolute atomic E-state index is 13.2. The third kappa shape index (κ3) is 5.43. The van der Waals surface area contributed by atoms with Crippen molar-refractivity contribution >= 4 is 27.3 Å². The molecule has 0 unspecified atom stereocenters. The molecule has 2 aromatic heterocycles. The Labute approximate surface area is 192 Å². The van der Waals surface area contributed by atoms with Gasteiger partial charge >= 0.3 is 0 Å². The van der Waals surface area contributed by atoms with Gasteiger partial charge in [0.25, 0.3) is 0 Å². The van der Waals surface area contributed by atoms with Gasteiger partial charge in [-0.25, -0.2) is 27.5 Å². The molecule has 4 nitrogen and oxygen atoms in total. The molecule has 0 radical (unpaired) electrons. The highest BCUT2D eigenvalue weighted by molar-refractivity contribution is 9.10. The maximum atomic E-state index is 13.2. The molecule has 2 aromatic carbocycles. The molecule has 4 N–H and O–H groups in total. The number of hydrogen-bond donors (Lipinski definition) is 2. The van der Waals surface area contributed by atoms with Crippen molar-refractivity contribution in [1.29, 1.82) is 0 Å². The lowest BCUT2D eigenvalue weighted by Gasteiger charge is -2.09. The maximum Gasteiger partial charge on any atom is 0.213 e. The van der Waals surface area contributed by atoms with Crippen molar-refractivity contribution in [2.45, 2.75) is 0 Å². The van der Waals surface area contributed by atoms with Gasteiger partial charge in [-0.05, 0) is 51.3 Å². The van der Waals surface area contributed by atoms with Crippen LogP contribution >= 0.6 is 15.9 Å². The molecular formula is C22H13BrF6N4. The molecule has 0 fully saturated rings. The number of hydrogen-bond acceptors (Lipinski definition) is 4. The van der Waals surface area contributed by atoms with Crippen LogP contribution in [-0.2, 0) is 0 Å². The fourth-order valence-electron chi connectivity index (χ4n) is 2.80. The summed E-state index contributed by atoms with van der Waals surface area (Å²) >= 11 is 2.85. The minimum Gasteiger partial charge on any atom is -0.398 e. The van der Waals surface area contributed by atoms with Crippen molar-refractivity contribution in [3.8, 4) is 22.3 Å². The number of halogens is 7. The van der Waals surface area contributed by atoms with E-state index >= 15 is 0 Å². The average Bonchev–Trinajstić information content (AvgIpc) is 2.77. The van der Waals surface area contributed by atoms with Gasteiger partial charge in [0.15, 0.2) is 23.3 Å². The highest BCUT2D eigenvalue weighted by Crippen LogP contribution is 2.35. The molecule has 0 aliphatic rings. The van der Waals surface area contributed by atoms with Crippen LogP contribution in [0.15, 0.2) is 59.3 Å². The molecule has 33 heavy (non-hydrogen) atoms. The van der Waals surface area contributed by atoms with Crippen LogP contribution in [0.5, 0.6) is 0 Å². The minimum atomic E-state index is -1.07. The summed E-state index contributed by atoms with van der Waals surface area (Å²) in [7, 11) is 0. The first kappa shape index (κ1) is 24.1. The number of pyridine rings is 2. The quantitative estimate of drug-likeness (QED) is 0.140. The Morgan fingerprint density at radius 1 is 0.636 bits per heavy atom. The van der Waals surface area contributed by atoms with Crippen molar-refractivity contribution in [2.24, 2.45) is 0 Å². The van der Waals surface area contributed by atoms with E-state index in [0.29, 0.717) is 11.1 Å². The number of nitrogens with zero attached hydrogens (tertiary/aromatic N) is 2. The van der Waals surface area contributed by atoms with Gasteiger partial charge in [0.2, 0.25) is 11.9 Å². The van der Waals surface area contributed by atoms with Gasteiger partial charge < -0.3 is 11.5 Å². The van der Waals surface area contributed by atoms with Gasteiger partial charge in [-0.3, -0.25) is 0 Å². The van der Waals surface area contributed by atoms with E-state index in [1.807, 2.05) is 0 Å². The highest BCUT2D eigenvalue weighted by atomic mass is 79.9. The third-order valence-electron chi connectivity index (χ3n) is 4.37. The Kier molecular flexibility index (Phi) is 7.22. The van der Waals surface area contributed by atoms with Crippen molar-refractivity contribution in [1.82, 2.24) is 9.97 Å². The van der Waals surface area contributed by atoms with Gasteiger partial charge in [0.1, 0.15) is 0 Å². The lowest BCUT2D eigenvalue weighted by Crippen LogP contribution is -1.98. The SMILES string of the molecule is Nc1c(-c2ccnc(F)c2)cc(F)c(F)c1Br.Nc1cc(F)c(F)cc1-c1ccnc(F)c1. The zero-order chi connectivity index (χ0) is 24.3. The van der Waals surface area contributed by atoms with Crippen molar-refractivity contribution in [3.05, 3.63) is 94.5 Å². The Hall–Kier alpha value is -3.60. The van der Waals surface area contributed by atoms with Crippen molar-refractivity contribution in [2.75, 3.05) is 11.5 Å². The molecule has 0 bridgehead atoms. The smallest absolute Gasteiger partial charge is 0.213 e. The van der Waals surface area contributed by atoms with E-state index < -0.39 is 35.2 Å². The summed E-state index contributed by atoms with van der Waals surface area (Å²) in [6.07, 6.45) is 2.45. The molecule has 170 valence electrons. The number of benzene rings is 2. The van der Waals surface area contributed by atoms with Crippen LogP contribution in [0.25, 0.3) is 22.3 Å². The van der Waals surface area contributed by atoms with E-state index in [1.54, 1.807) is 0 Å². The van der Waals surface area contributed by atoms with E-state index in [0.717, 1.165) is 30.3 Å². The molecule has 0 amide bonds. The van der Waals surface area contributed by atoms with Crippen molar-refractivity contribution in [3.63, 3.8) is 0 Å². The molecule has 0 saturated carbocycles. The lowest BCUT2D eigenvalue weighted by atomic mass is 10.0. The van der Waals surface area contributed by atoms with E-state index in [2.05, 4.69) is 25.9 Å². The Balaban J connectivity index is 0.000000186. The highest BCUT2D eigenvalue weighted by Gasteiger charge is 2.16. The van der Waals surface area contributed by atoms with Crippen LogP contribution < -0.4 is 11.5 Å². The predicted octanol–water partition coefficient (Wildman–Crippen LogP) is 6.26. The van der Waals surface area contributed by atoms with Gasteiger partial charge in [-0.2, -0.15) is 8.78 Å². The van der Waals surface area contributed by atoms with Crippen molar-refractivity contribution < 1.29 is 26.3 Å². The Bertz CT molecular complexity index is 1330. The second-order valence-electron chi connectivity index (χ2n) is 6.54. The average molecular weight is 527 g/mol. The molecule has 0 atom stereocenters. The number of anilines is 2. The molecule has 4 rings (SSSR count). The predicted molar refractivity (Wildman–Crippen MR) is 116 cm³/mol. The molecule has 2 heterocycles. The summed E-state index contributed by atoms with van der Waals surface area (Å²) in [5.74, 6) is -5.61. The second kappa shape index (κ2) is 9.90. The zero-order valence-corrected chi connectivity index (χ0v) is 18.0. The monoisotopic (exact) mass is 526 g/mol. The normalized spacial score (nSPS) is 10.5. The van der Waals surface area contributed by atoms with Gasteiger partial charge in [-0.1, -0.05) is 0 Å². The second-order valence-corrected chi connectivity index (χ2v) is 7.33. The first-order valence-corrected chi connectivity index (χ1v) is 9.79. The summed E-state index contributed by atoms with van der Waals surface area (Å²) in [4.78, 5) is 6.73. The summed E-state index contributed by atoms with van der Waals surface area (Å²) < 4.78 is 77.8. The summed E-state index contributed by atoms with van der Waals surface area (Å²) in [5, 5.41) is 0. The Morgan fingerprint density at radius 3 is 1.67 bits per heavy atom. The molecular weight excluding hydrogens is 514 g/mol. The van der Waals surface area contributed by atoms with Crippen LogP contribution in [0.3, 0.4) is 0 Å². The first-order chi connectivity index (χ1) is 15.6. The van der Waals surface area contributed by atoms with Gasteiger partial charge in [0.05, 0.1) is 10.2 Å². The molecule has 0 saturated heterocycles. The largest absolute Gasteiger partial charge is 0.398 e. The molecule has 0 aliphatic heterocycles. The van der Waals surface area contributed by atoms with E-state index in [1.165, 1.54) is 24.5 Å². The van der Waals surface area contributed by atoms with E-state index in [-0.39, 0.29) is 27.0 Å². The van der Waals surface area contributed by atoms with E-state index in [4.69, 9.17) is 11.5 Å². The van der Waals surface area contributed by atoms with Crippen LogP contribution in [0.2, 0.25) is 0 Å². The van der Waals surface area contributed by atoms with Gasteiger partial charge in [0, 0.05) is 47.4 Å². The van der Waals surface area contributed by atoms with Gasteiger partial charge in [-0.15, -0.1) is 0 Å². The third-order valence-corrected chi connectivity index (χ3v) is 5.14. The summed E-state index contributed by atoms with van der Waals surface area (Å²) in [5.41, 5.74) is 12.3. The lowest BCUT2D eigenvalue weighted by molar-refractivity contribution is 0.505. The number of rotatable bonds is 2. The Morgan fingerprint density at radius 2 is 1.12 bits per heavy atom. The molecule has 4 aromatic rings. The molecule has 0 aliphatic carbocycles. The zero-order valence-electron chi connectivity index (χ0n) is 16.4. The number of nitrogen functional groups attached to an aromatic ring is 2. The first-order valence-electron chi connectivity index (χ1n) is 8.99. The fraction of sp³-hybridized carbons (Fsp3) is 0. The van der Waals surface area contributed by atoms with Crippen LogP contribution in [0.1, 0.15) is 0 Å². The number of aromatic nitrogens is 2. The summed E-state index contributed by atoms with van der Waals surface area (Å²) in [6, 6.07) is 7.83. The standard InChI is InChI=1S/C11H6BrF3N2.C11H7F3N2/c12-9-10(15)7(13)4-6(11(9)16)5-1-2-17-8(14)3-5;12-8-4-7(10(15)5-9(8)13)6-1-2-16-11(14)3-6/h1-4H,16H2;1-5H,15H2. The minimum absolute atomic E-state index is 0.00880. The van der Waals surface area contributed by atoms with E-state index in [9.17, 15) is 26.3 Å². The topological polar surface area (TPSA) is 77.8 Å². The molecule has 0 spiro atoms. The fourth-order valence-corrected chi connectivity index (χ4v) is 3.20.